The number of halogens is 1. The highest BCUT2D eigenvalue weighted by Gasteiger charge is 2.23. The van der Waals surface area contributed by atoms with E-state index in [-0.39, 0.29) is 5.82 Å². The van der Waals surface area contributed by atoms with E-state index in [1.165, 1.54) is 12.1 Å². The summed E-state index contributed by atoms with van der Waals surface area (Å²) in [5, 5.41) is 3.02. The van der Waals surface area contributed by atoms with E-state index in [9.17, 15) is 4.39 Å². The molecule has 2 aromatic rings. The predicted molar refractivity (Wildman–Crippen MR) is 68.5 cm³/mol. The fourth-order valence-corrected chi connectivity index (χ4v) is 2.42. The highest BCUT2D eigenvalue weighted by atomic mass is 32.1. The highest BCUT2D eigenvalue weighted by molar-refractivity contribution is 7.09. The van der Waals surface area contributed by atoms with E-state index in [2.05, 4.69) is 4.98 Å². The molecular weight excluding hydrogens is 235 g/mol. The fraction of sp³-hybridized carbons (Fsp3) is 0.308. The minimum absolute atomic E-state index is 0.256. The van der Waals surface area contributed by atoms with Crippen LogP contribution in [0.5, 0.6) is 0 Å². The van der Waals surface area contributed by atoms with Crippen molar-refractivity contribution >= 4 is 11.3 Å². The van der Waals surface area contributed by atoms with Crippen molar-refractivity contribution in [3.63, 3.8) is 0 Å². The fourth-order valence-electron chi connectivity index (χ4n) is 1.81. The molecule has 2 N–H and O–H groups in total. The van der Waals surface area contributed by atoms with Crippen molar-refractivity contribution < 1.29 is 4.39 Å². The van der Waals surface area contributed by atoms with E-state index in [1.807, 2.05) is 25.3 Å². The Morgan fingerprint density at radius 2 is 2.24 bits per heavy atom. The van der Waals surface area contributed by atoms with Gasteiger partial charge in [0.1, 0.15) is 5.82 Å². The molecule has 1 unspecified atom stereocenters. The molecule has 0 aliphatic carbocycles. The number of thiazole rings is 1. The van der Waals surface area contributed by atoms with Gasteiger partial charge < -0.3 is 5.73 Å². The standard InChI is InChI=1S/C13H15FN2S/c1-9-16-12(8-17-9)7-13(2,15)10-4-3-5-11(14)6-10/h3-6,8H,7,15H2,1-2H3. The summed E-state index contributed by atoms with van der Waals surface area (Å²) in [5.74, 6) is -0.256. The zero-order valence-corrected chi connectivity index (χ0v) is 10.7. The maximum Gasteiger partial charge on any atom is 0.123 e. The number of hydrogen-bond acceptors (Lipinski definition) is 3. The molecule has 0 spiro atoms. The van der Waals surface area contributed by atoms with Crippen molar-refractivity contribution in [1.82, 2.24) is 4.98 Å². The number of aromatic nitrogens is 1. The topological polar surface area (TPSA) is 38.9 Å². The third-order valence-electron chi connectivity index (χ3n) is 2.70. The molecule has 0 saturated heterocycles. The zero-order chi connectivity index (χ0) is 12.5. The first-order valence-corrected chi connectivity index (χ1v) is 6.31. The molecule has 2 nitrogen and oxygen atoms in total. The summed E-state index contributed by atoms with van der Waals surface area (Å²) in [5.41, 5.74) is 7.41. The molecule has 90 valence electrons. The Hall–Kier alpha value is -1.26. The second-order valence-electron chi connectivity index (χ2n) is 4.46. The molecule has 0 fully saturated rings. The average Bonchev–Trinajstić information content (AvgIpc) is 2.63. The maximum atomic E-state index is 13.2. The van der Waals surface area contributed by atoms with Crippen LogP contribution in [0, 0.1) is 12.7 Å². The maximum absolute atomic E-state index is 13.2. The summed E-state index contributed by atoms with van der Waals surface area (Å²) >= 11 is 1.60. The number of nitrogens with zero attached hydrogens (tertiary/aromatic N) is 1. The van der Waals surface area contributed by atoms with Gasteiger partial charge in [-0.05, 0) is 31.5 Å². The summed E-state index contributed by atoms with van der Waals surface area (Å²) < 4.78 is 13.2. The lowest BCUT2D eigenvalue weighted by molar-refractivity contribution is 0.481. The molecule has 0 saturated carbocycles. The molecular formula is C13H15FN2S. The number of nitrogens with two attached hydrogens (primary N) is 1. The molecule has 4 heteroatoms. The Bertz CT molecular complexity index is 520. The highest BCUT2D eigenvalue weighted by Crippen LogP contribution is 2.24. The number of rotatable bonds is 3. The van der Waals surface area contributed by atoms with Crippen LogP contribution in [0.4, 0.5) is 4.39 Å². The quantitative estimate of drug-likeness (QED) is 0.909. The van der Waals surface area contributed by atoms with Crippen LogP contribution in [0.2, 0.25) is 0 Å². The Kier molecular flexibility index (Phi) is 3.26. The van der Waals surface area contributed by atoms with Gasteiger partial charge in [-0.2, -0.15) is 0 Å². The Balaban J connectivity index is 2.24. The minimum Gasteiger partial charge on any atom is -0.321 e. The van der Waals surface area contributed by atoms with E-state index < -0.39 is 5.54 Å². The Morgan fingerprint density at radius 1 is 1.47 bits per heavy atom. The summed E-state index contributed by atoms with van der Waals surface area (Å²) in [7, 11) is 0. The monoisotopic (exact) mass is 250 g/mol. The minimum atomic E-state index is -0.595. The van der Waals surface area contributed by atoms with Gasteiger partial charge in [0, 0.05) is 17.3 Å². The molecule has 0 aliphatic rings. The van der Waals surface area contributed by atoms with Crippen molar-refractivity contribution in [3.8, 4) is 0 Å². The van der Waals surface area contributed by atoms with Gasteiger partial charge in [-0.25, -0.2) is 9.37 Å². The largest absolute Gasteiger partial charge is 0.321 e. The Labute approximate surface area is 104 Å². The van der Waals surface area contributed by atoms with Crippen LogP contribution in [-0.2, 0) is 12.0 Å². The smallest absolute Gasteiger partial charge is 0.123 e. The van der Waals surface area contributed by atoms with Crippen LogP contribution in [0.1, 0.15) is 23.2 Å². The van der Waals surface area contributed by atoms with Crippen molar-refractivity contribution in [2.45, 2.75) is 25.8 Å². The molecule has 0 radical (unpaired) electrons. The zero-order valence-electron chi connectivity index (χ0n) is 9.90. The van der Waals surface area contributed by atoms with Crippen LogP contribution in [0.3, 0.4) is 0 Å². The molecule has 17 heavy (non-hydrogen) atoms. The van der Waals surface area contributed by atoms with Crippen molar-refractivity contribution in [2.24, 2.45) is 5.73 Å². The molecule has 1 atom stereocenters. The van der Waals surface area contributed by atoms with Crippen LogP contribution in [0.25, 0.3) is 0 Å². The number of aryl methyl sites for hydroxylation is 1. The second-order valence-corrected chi connectivity index (χ2v) is 5.52. The summed E-state index contributed by atoms with van der Waals surface area (Å²) in [6.07, 6.45) is 0.612. The normalized spacial score (nSPS) is 14.6. The van der Waals surface area contributed by atoms with Crippen LogP contribution in [-0.4, -0.2) is 4.98 Å². The van der Waals surface area contributed by atoms with E-state index in [1.54, 1.807) is 17.4 Å². The van der Waals surface area contributed by atoms with E-state index in [4.69, 9.17) is 5.73 Å². The summed E-state index contributed by atoms with van der Waals surface area (Å²) in [4.78, 5) is 4.39. The van der Waals surface area contributed by atoms with Gasteiger partial charge in [-0.3, -0.25) is 0 Å². The van der Waals surface area contributed by atoms with Gasteiger partial charge in [-0.15, -0.1) is 11.3 Å². The third-order valence-corrected chi connectivity index (χ3v) is 3.52. The van der Waals surface area contributed by atoms with Gasteiger partial charge in [0.15, 0.2) is 0 Å². The molecule has 0 amide bonds. The second kappa shape index (κ2) is 4.55. The van der Waals surface area contributed by atoms with Gasteiger partial charge in [0.25, 0.3) is 0 Å². The van der Waals surface area contributed by atoms with Crippen LogP contribution < -0.4 is 5.73 Å². The first-order valence-electron chi connectivity index (χ1n) is 5.43. The van der Waals surface area contributed by atoms with E-state index in [0.717, 1.165) is 16.3 Å². The van der Waals surface area contributed by atoms with Gasteiger partial charge in [0.05, 0.1) is 10.7 Å². The van der Waals surface area contributed by atoms with Crippen molar-refractivity contribution in [3.05, 3.63) is 51.7 Å². The molecule has 1 aromatic carbocycles. The molecule has 0 bridgehead atoms. The lowest BCUT2D eigenvalue weighted by atomic mass is 9.89. The van der Waals surface area contributed by atoms with Gasteiger partial charge >= 0.3 is 0 Å². The number of hydrogen-bond donors (Lipinski definition) is 1. The van der Waals surface area contributed by atoms with Crippen LogP contribution in [0.15, 0.2) is 29.6 Å². The Morgan fingerprint density at radius 3 is 2.82 bits per heavy atom. The van der Waals surface area contributed by atoms with Crippen molar-refractivity contribution in [2.75, 3.05) is 0 Å². The summed E-state index contributed by atoms with van der Waals surface area (Å²) in [6.45, 7) is 3.86. The molecule has 1 aromatic heterocycles. The predicted octanol–water partition coefficient (Wildman–Crippen LogP) is 3.01. The SMILES string of the molecule is Cc1nc(CC(C)(N)c2cccc(F)c2)cs1. The average molecular weight is 250 g/mol. The molecule has 2 rings (SSSR count). The van der Waals surface area contributed by atoms with E-state index in [0.29, 0.717) is 6.42 Å². The third kappa shape index (κ3) is 2.90. The van der Waals surface area contributed by atoms with Crippen LogP contribution >= 0.6 is 11.3 Å². The van der Waals surface area contributed by atoms with E-state index >= 15 is 0 Å². The summed E-state index contributed by atoms with van der Waals surface area (Å²) in [6, 6.07) is 6.44. The molecule has 0 aliphatic heterocycles. The van der Waals surface area contributed by atoms with Gasteiger partial charge in [-0.1, -0.05) is 12.1 Å². The lowest BCUT2D eigenvalue weighted by Crippen LogP contribution is -2.35. The molecule has 1 heterocycles. The first kappa shape index (κ1) is 12.2. The lowest BCUT2D eigenvalue weighted by Gasteiger charge is -2.24. The van der Waals surface area contributed by atoms with Crippen molar-refractivity contribution in [1.29, 1.82) is 0 Å². The first-order chi connectivity index (χ1) is 7.97. The number of benzene rings is 1. The van der Waals surface area contributed by atoms with Gasteiger partial charge in [0.2, 0.25) is 0 Å².